The van der Waals surface area contributed by atoms with Crippen LogP contribution in [0.3, 0.4) is 0 Å². The summed E-state index contributed by atoms with van der Waals surface area (Å²) >= 11 is 0. The van der Waals surface area contributed by atoms with E-state index in [1.54, 1.807) is 0 Å². The molecule has 0 aromatic heterocycles. The Labute approximate surface area is 197 Å². The quantitative estimate of drug-likeness (QED) is 0.371. The Morgan fingerprint density at radius 2 is 0.824 bits per heavy atom. The summed E-state index contributed by atoms with van der Waals surface area (Å²) in [5.74, 6) is -1.47. The molecule has 0 aliphatic rings. The lowest BCUT2D eigenvalue weighted by molar-refractivity contribution is -0.121. The minimum absolute atomic E-state index is 0.161. The van der Waals surface area contributed by atoms with Crippen LogP contribution in [0.2, 0.25) is 0 Å². The van der Waals surface area contributed by atoms with Crippen molar-refractivity contribution in [2.45, 2.75) is 13.1 Å². The van der Waals surface area contributed by atoms with Crippen LogP contribution in [-0.2, 0) is 22.7 Å². The van der Waals surface area contributed by atoms with Crippen LogP contribution in [0.15, 0.2) is 84.9 Å². The zero-order chi connectivity index (χ0) is 24.2. The predicted molar refractivity (Wildman–Crippen MR) is 128 cm³/mol. The molecule has 8 heteroatoms. The van der Waals surface area contributed by atoms with E-state index in [4.69, 9.17) is 0 Å². The van der Waals surface area contributed by atoms with E-state index < -0.39 is 11.8 Å². The summed E-state index contributed by atoms with van der Waals surface area (Å²) in [7, 11) is 0. The highest BCUT2D eigenvalue weighted by Crippen LogP contribution is 2.05. The standard InChI is InChI=1S/C26H26N4O4/c31-23(27-15-19-7-3-1-4-8-19)17-29-25(33)21-11-13-22(14-12-21)26(34)30-18-24(32)28-16-20-9-5-2-6-10-20/h1-14H,15-18H2,(H,27,31)(H,28,32)(H,29,33)(H,30,34). The second kappa shape index (κ2) is 12.5. The van der Waals surface area contributed by atoms with E-state index in [-0.39, 0.29) is 24.9 Å². The third-order valence-electron chi connectivity index (χ3n) is 4.89. The van der Waals surface area contributed by atoms with Crippen LogP contribution in [0.25, 0.3) is 0 Å². The van der Waals surface area contributed by atoms with E-state index in [0.29, 0.717) is 24.2 Å². The Kier molecular flexibility index (Phi) is 8.92. The summed E-state index contributed by atoms with van der Waals surface area (Å²) < 4.78 is 0. The predicted octanol–water partition coefficient (Wildman–Crippen LogP) is 1.78. The molecule has 0 saturated heterocycles. The zero-order valence-corrected chi connectivity index (χ0v) is 18.5. The van der Waals surface area contributed by atoms with Gasteiger partial charge in [0.1, 0.15) is 0 Å². The molecule has 0 aliphatic carbocycles. The average Bonchev–Trinajstić information content (AvgIpc) is 2.89. The first-order valence-corrected chi connectivity index (χ1v) is 10.8. The van der Waals surface area contributed by atoms with Crippen molar-refractivity contribution in [1.29, 1.82) is 0 Å². The van der Waals surface area contributed by atoms with Crippen molar-refractivity contribution in [3.8, 4) is 0 Å². The monoisotopic (exact) mass is 458 g/mol. The minimum Gasteiger partial charge on any atom is -0.350 e. The second-order valence-corrected chi connectivity index (χ2v) is 7.47. The van der Waals surface area contributed by atoms with E-state index in [9.17, 15) is 19.2 Å². The smallest absolute Gasteiger partial charge is 0.251 e. The molecular formula is C26H26N4O4. The van der Waals surface area contributed by atoms with Gasteiger partial charge in [-0.3, -0.25) is 19.2 Å². The minimum atomic E-state index is -0.429. The molecule has 34 heavy (non-hydrogen) atoms. The highest BCUT2D eigenvalue weighted by molar-refractivity contribution is 5.99. The summed E-state index contributed by atoms with van der Waals surface area (Å²) in [6.07, 6.45) is 0. The van der Waals surface area contributed by atoms with E-state index in [0.717, 1.165) is 11.1 Å². The molecule has 3 aromatic carbocycles. The van der Waals surface area contributed by atoms with E-state index in [1.165, 1.54) is 24.3 Å². The largest absolute Gasteiger partial charge is 0.350 e. The van der Waals surface area contributed by atoms with Gasteiger partial charge in [-0.2, -0.15) is 0 Å². The van der Waals surface area contributed by atoms with Gasteiger partial charge in [-0.1, -0.05) is 60.7 Å². The maximum absolute atomic E-state index is 12.3. The van der Waals surface area contributed by atoms with Crippen molar-refractivity contribution in [2.24, 2.45) is 0 Å². The molecule has 0 saturated carbocycles. The molecule has 0 fully saturated rings. The Hall–Kier alpha value is -4.46. The molecule has 0 atom stereocenters. The van der Waals surface area contributed by atoms with Crippen molar-refractivity contribution in [1.82, 2.24) is 21.3 Å². The first-order valence-electron chi connectivity index (χ1n) is 10.8. The van der Waals surface area contributed by atoms with Crippen LogP contribution in [-0.4, -0.2) is 36.7 Å². The van der Waals surface area contributed by atoms with Gasteiger partial charge in [0.05, 0.1) is 13.1 Å². The van der Waals surface area contributed by atoms with Crippen LogP contribution in [0.5, 0.6) is 0 Å². The zero-order valence-electron chi connectivity index (χ0n) is 18.5. The first-order chi connectivity index (χ1) is 16.5. The topological polar surface area (TPSA) is 116 Å². The van der Waals surface area contributed by atoms with Crippen molar-refractivity contribution in [3.63, 3.8) is 0 Å². The van der Waals surface area contributed by atoms with Crippen LogP contribution in [0.1, 0.15) is 31.8 Å². The molecule has 4 N–H and O–H groups in total. The highest BCUT2D eigenvalue weighted by Gasteiger charge is 2.11. The molecule has 0 aliphatic heterocycles. The maximum Gasteiger partial charge on any atom is 0.251 e. The van der Waals surface area contributed by atoms with Gasteiger partial charge in [-0.05, 0) is 35.4 Å². The number of amides is 4. The van der Waals surface area contributed by atoms with Crippen LogP contribution in [0.4, 0.5) is 0 Å². The summed E-state index contributed by atoms with van der Waals surface area (Å²) in [5, 5.41) is 10.6. The van der Waals surface area contributed by atoms with Crippen molar-refractivity contribution in [2.75, 3.05) is 13.1 Å². The Morgan fingerprint density at radius 1 is 0.471 bits per heavy atom. The SMILES string of the molecule is O=C(CNC(=O)c1ccc(C(=O)NCC(=O)NCc2ccccc2)cc1)NCc1ccccc1. The lowest BCUT2D eigenvalue weighted by atomic mass is 10.1. The Bertz CT molecular complexity index is 1030. The third kappa shape index (κ3) is 7.90. The lowest BCUT2D eigenvalue weighted by Gasteiger charge is -2.09. The summed E-state index contributed by atoms with van der Waals surface area (Å²) in [6, 6.07) is 24.9. The van der Waals surface area contributed by atoms with Crippen LogP contribution >= 0.6 is 0 Å². The van der Waals surface area contributed by atoms with Crippen molar-refractivity contribution >= 4 is 23.6 Å². The Morgan fingerprint density at radius 3 is 1.18 bits per heavy atom. The van der Waals surface area contributed by atoms with Gasteiger partial charge in [0.15, 0.2) is 0 Å². The van der Waals surface area contributed by atoms with Crippen molar-refractivity contribution < 1.29 is 19.2 Å². The molecule has 3 rings (SSSR count). The van der Waals surface area contributed by atoms with E-state index >= 15 is 0 Å². The van der Waals surface area contributed by atoms with Gasteiger partial charge in [0, 0.05) is 24.2 Å². The van der Waals surface area contributed by atoms with Gasteiger partial charge in [0.2, 0.25) is 11.8 Å². The van der Waals surface area contributed by atoms with Gasteiger partial charge < -0.3 is 21.3 Å². The van der Waals surface area contributed by atoms with E-state index in [1.807, 2.05) is 60.7 Å². The number of hydrogen-bond donors (Lipinski definition) is 4. The molecule has 0 bridgehead atoms. The highest BCUT2D eigenvalue weighted by atomic mass is 16.2. The van der Waals surface area contributed by atoms with Gasteiger partial charge in [-0.25, -0.2) is 0 Å². The normalized spacial score (nSPS) is 10.1. The van der Waals surface area contributed by atoms with Crippen LogP contribution in [0, 0.1) is 0 Å². The van der Waals surface area contributed by atoms with E-state index in [2.05, 4.69) is 21.3 Å². The number of carbonyl (C=O) groups is 4. The molecule has 4 amide bonds. The molecule has 0 spiro atoms. The number of benzene rings is 3. The molecule has 0 unspecified atom stereocenters. The average molecular weight is 459 g/mol. The van der Waals surface area contributed by atoms with Gasteiger partial charge in [0.25, 0.3) is 11.8 Å². The molecular weight excluding hydrogens is 432 g/mol. The summed E-state index contributed by atoms with van der Waals surface area (Å²) in [6.45, 7) is 0.436. The van der Waals surface area contributed by atoms with Gasteiger partial charge in [-0.15, -0.1) is 0 Å². The third-order valence-corrected chi connectivity index (χ3v) is 4.89. The number of hydrogen-bond acceptors (Lipinski definition) is 4. The fourth-order valence-corrected chi connectivity index (χ4v) is 3.02. The number of nitrogens with one attached hydrogen (secondary N) is 4. The second-order valence-electron chi connectivity index (χ2n) is 7.47. The summed E-state index contributed by atoms with van der Waals surface area (Å²) in [5.41, 5.74) is 2.55. The molecule has 3 aromatic rings. The van der Waals surface area contributed by atoms with Gasteiger partial charge >= 0.3 is 0 Å². The lowest BCUT2D eigenvalue weighted by Crippen LogP contribution is -2.37. The van der Waals surface area contributed by atoms with Crippen molar-refractivity contribution in [3.05, 3.63) is 107 Å². The number of carbonyl (C=O) groups excluding carboxylic acids is 4. The Balaban J connectivity index is 1.38. The molecule has 174 valence electrons. The number of rotatable bonds is 10. The first kappa shape index (κ1) is 24.2. The summed E-state index contributed by atoms with van der Waals surface area (Å²) in [4.78, 5) is 48.4. The molecule has 0 radical (unpaired) electrons. The fraction of sp³-hybridized carbons (Fsp3) is 0.154. The fourth-order valence-electron chi connectivity index (χ4n) is 3.02. The maximum atomic E-state index is 12.3. The van der Waals surface area contributed by atoms with Crippen LogP contribution < -0.4 is 21.3 Å². The molecule has 0 heterocycles. The molecule has 8 nitrogen and oxygen atoms in total.